The second-order valence-electron chi connectivity index (χ2n) is 7.86. The van der Waals surface area contributed by atoms with Crippen molar-refractivity contribution in [2.24, 2.45) is 0 Å². The van der Waals surface area contributed by atoms with Gasteiger partial charge in [-0.05, 0) is 37.8 Å². The van der Waals surface area contributed by atoms with Gasteiger partial charge < -0.3 is 19.7 Å². The summed E-state index contributed by atoms with van der Waals surface area (Å²) >= 11 is 0. The number of hydrogen-bond acceptors (Lipinski definition) is 6. The Morgan fingerprint density at radius 3 is 2.06 bits per heavy atom. The van der Waals surface area contributed by atoms with E-state index >= 15 is 0 Å². The Kier molecular flexibility index (Phi) is 9.66. The van der Waals surface area contributed by atoms with Crippen molar-refractivity contribution in [2.45, 2.75) is 68.7 Å². The number of carboxylic acids is 2. The molecule has 35 heavy (non-hydrogen) atoms. The summed E-state index contributed by atoms with van der Waals surface area (Å²) in [5.74, 6) is -5.80. The van der Waals surface area contributed by atoms with Crippen molar-refractivity contribution in [3.05, 3.63) is 24.1 Å². The van der Waals surface area contributed by atoms with Crippen molar-refractivity contribution in [2.75, 3.05) is 13.2 Å². The molecule has 2 heterocycles. The number of rotatable bonds is 3. The first-order valence-electron chi connectivity index (χ1n) is 10.5. The summed E-state index contributed by atoms with van der Waals surface area (Å²) in [5.41, 5.74) is 0. The summed E-state index contributed by atoms with van der Waals surface area (Å²) in [4.78, 5) is 24.4. The number of carbonyl (C=O) groups is 2. The second kappa shape index (κ2) is 11.8. The fourth-order valence-corrected chi connectivity index (χ4v) is 3.83. The van der Waals surface area contributed by atoms with Crippen LogP contribution in [-0.2, 0) is 14.3 Å². The van der Waals surface area contributed by atoms with Gasteiger partial charge in [0.1, 0.15) is 6.10 Å². The molecule has 3 unspecified atom stereocenters. The number of pyridine rings is 1. The van der Waals surface area contributed by atoms with Gasteiger partial charge in [0.05, 0.1) is 12.7 Å². The first kappa shape index (κ1) is 28.6. The average molecular weight is 520 g/mol. The third kappa shape index (κ3) is 8.19. The van der Waals surface area contributed by atoms with Crippen molar-refractivity contribution in [3.8, 4) is 5.88 Å². The molecule has 8 nitrogen and oxygen atoms in total. The molecule has 4 rings (SSSR count). The summed E-state index contributed by atoms with van der Waals surface area (Å²) in [5, 5.41) is 14.2. The zero-order valence-electron chi connectivity index (χ0n) is 18.1. The largest absolute Gasteiger partial charge is 0.490 e. The highest BCUT2D eigenvalue weighted by molar-refractivity contribution is 5.73. The first-order chi connectivity index (χ1) is 16.2. The minimum Gasteiger partial charge on any atom is -0.475 e. The lowest BCUT2D eigenvalue weighted by Gasteiger charge is -2.42. The Balaban J connectivity index is 0.000000257. The topological polar surface area (TPSA) is 109 Å². The maximum atomic E-state index is 13.8. The molecule has 1 aromatic heterocycles. The van der Waals surface area contributed by atoms with E-state index in [0.717, 1.165) is 26.0 Å². The van der Waals surface area contributed by atoms with Crippen LogP contribution in [0.5, 0.6) is 5.88 Å². The second-order valence-corrected chi connectivity index (χ2v) is 7.86. The Bertz CT molecular complexity index is 839. The number of hydrogen-bond donors (Lipinski definition) is 2. The summed E-state index contributed by atoms with van der Waals surface area (Å²) in [6.07, 6.45) is -2.70. The number of halogens is 7. The summed E-state index contributed by atoms with van der Waals surface area (Å²) in [7, 11) is 0. The molecule has 2 N–H and O–H groups in total. The highest BCUT2D eigenvalue weighted by Gasteiger charge is 2.47. The highest BCUT2D eigenvalue weighted by atomic mass is 19.4. The maximum Gasteiger partial charge on any atom is 0.490 e. The van der Waals surface area contributed by atoms with Gasteiger partial charge in [-0.3, -0.25) is 4.90 Å². The van der Waals surface area contributed by atoms with Crippen LogP contribution in [0.15, 0.2) is 18.3 Å². The van der Waals surface area contributed by atoms with Crippen LogP contribution in [0.3, 0.4) is 0 Å². The monoisotopic (exact) mass is 520 g/mol. The van der Waals surface area contributed by atoms with Crippen LogP contribution in [0.1, 0.15) is 32.1 Å². The number of aromatic nitrogens is 1. The van der Waals surface area contributed by atoms with Gasteiger partial charge >= 0.3 is 24.3 Å². The van der Waals surface area contributed by atoms with E-state index in [4.69, 9.17) is 29.3 Å². The third-order valence-corrected chi connectivity index (χ3v) is 5.60. The number of alkyl halides is 6. The Morgan fingerprint density at radius 1 is 1.03 bits per heavy atom. The van der Waals surface area contributed by atoms with Crippen LogP contribution in [0.25, 0.3) is 0 Å². The molecular formula is C20H23F7N2O6. The minimum absolute atomic E-state index is 0.0708. The molecule has 0 amide bonds. The van der Waals surface area contributed by atoms with E-state index in [0.29, 0.717) is 12.1 Å². The molecule has 2 saturated carbocycles. The van der Waals surface area contributed by atoms with E-state index < -0.39 is 30.1 Å². The molecule has 3 fully saturated rings. The van der Waals surface area contributed by atoms with Gasteiger partial charge in [0.25, 0.3) is 5.88 Å². The van der Waals surface area contributed by atoms with E-state index in [-0.39, 0.29) is 18.1 Å². The molecular weight excluding hydrogens is 497 g/mol. The fourth-order valence-electron chi connectivity index (χ4n) is 3.83. The van der Waals surface area contributed by atoms with Crippen molar-refractivity contribution in [1.82, 2.24) is 9.88 Å². The maximum absolute atomic E-state index is 13.8. The number of nitrogens with zero attached hydrogens (tertiary/aromatic N) is 2. The van der Waals surface area contributed by atoms with Gasteiger partial charge in [0, 0.05) is 24.8 Å². The zero-order chi connectivity index (χ0) is 26.4. The van der Waals surface area contributed by atoms with Crippen molar-refractivity contribution >= 4 is 11.9 Å². The van der Waals surface area contributed by atoms with Crippen molar-refractivity contribution in [1.29, 1.82) is 0 Å². The van der Waals surface area contributed by atoms with E-state index in [9.17, 15) is 30.7 Å². The summed E-state index contributed by atoms with van der Waals surface area (Å²) < 4.78 is 89.2. The van der Waals surface area contributed by atoms with Gasteiger partial charge in [-0.25, -0.2) is 19.0 Å². The third-order valence-electron chi connectivity index (χ3n) is 5.60. The summed E-state index contributed by atoms with van der Waals surface area (Å²) in [6, 6.07) is 3.98. The van der Waals surface area contributed by atoms with Crippen LogP contribution in [0.2, 0.25) is 0 Å². The van der Waals surface area contributed by atoms with E-state index in [1.807, 2.05) is 0 Å². The molecule has 1 aliphatic heterocycles. The van der Waals surface area contributed by atoms with Gasteiger partial charge in [-0.2, -0.15) is 26.3 Å². The van der Waals surface area contributed by atoms with E-state index in [1.165, 1.54) is 25.3 Å². The van der Waals surface area contributed by atoms with E-state index in [1.54, 1.807) is 12.3 Å². The fraction of sp³-hybridized carbons (Fsp3) is 0.650. The molecule has 2 aliphatic carbocycles. The molecule has 0 aromatic carbocycles. The molecule has 3 aliphatic rings. The summed E-state index contributed by atoms with van der Waals surface area (Å²) in [6.45, 7) is 1.72. The molecule has 0 spiro atoms. The Labute approximate surface area is 194 Å². The quantitative estimate of drug-likeness (QED) is 0.582. The Hall–Kier alpha value is -2.68. The van der Waals surface area contributed by atoms with Crippen LogP contribution < -0.4 is 4.74 Å². The molecule has 1 aromatic rings. The standard InChI is InChI=1S/C16H21FN2O2.2C2HF3O2/c17-12-5-2-8-18-16(12)21-15-13-6-7-14(15)20-10-9-19(13)11-3-1-4-11;2*3-2(4,5)1(6)7/h2,5,8,11,13-15H,1,3-4,6-7,9-10H2;2*(H,6,7). The number of ether oxygens (including phenoxy) is 2. The smallest absolute Gasteiger partial charge is 0.475 e. The molecule has 1 saturated heterocycles. The van der Waals surface area contributed by atoms with Crippen molar-refractivity contribution < 1.29 is 60.0 Å². The zero-order valence-corrected chi connectivity index (χ0v) is 18.1. The van der Waals surface area contributed by atoms with Gasteiger partial charge in [0.15, 0.2) is 5.82 Å². The first-order valence-corrected chi connectivity index (χ1v) is 10.5. The Morgan fingerprint density at radius 2 is 1.60 bits per heavy atom. The van der Waals surface area contributed by atoms with Crippen LogP contribution >= 0.6 is 0 Å². The molecule has 2 bridgehead atoms. The number of fused-ring (bicyclic) bond motifs is 2. The average Bonchev–Trinajstić information content (AvgIpc) is 3.00. The predicted molar refractivity (Wildman–Crippen MR) is 103 cm³/mol. The molecule has 0 radical (unpaired) electrons. The highest BCUT2D eigenvalue weighted by Crippen LogP contribution is 2.37. The molecule has 198 valence electrons. The minimum atomic E-state index is -5.08. The van der Waals surface area contributed by atoms with Gasteiger partial charge in [-0.1, -0.05) is 6.42 Å². The number of carboxylic acid groups (broad SMARTS) is 2. The molecule has 3 atom stereocenters. The lowest BCUT2D eigenvalue weighted by Crippen LogP contribution is -2.51. The normalized spacial score (nSPS) is 24.6. The lowest BCUT2D eigenvalue weighted by molar-refractivity contribution is -0.193. The van der Waals surface area contributed by atoms with Crippen molar-refractivity contribution in [3.63, 3.8) is 0 Å². The predicted octanol–water partition coefficient (Wildman–Crippen LogP) is 3.65. The van der Waals surface area contributed by atoms with Gasteiger partial charge in [0.2, 0.25) is 0 Å². The molecule has 15 heteroatoms. The SMILES string of the molecule is Fc1cccnc1OC1C2CCC1N(C1CCC1)CCO2.O=C(O)C(F)(F)F.O=C(O)C(F)(F)F. The van der Waals surface area contributed by atoms with Crippen LogP contribution in [-0.4, -0.2) is 81.8 Å². The van der Waals surface area contributed by atoms with E-state index in [2.05, 4.69) is 9.88 Å². The van der Waals surface area contributed by atoms with Crippen LogP contribution in [0.4, 0.5) is 30.7 Å². The lowest BCUT2D eigenvalue weighted by atomic mass is 9.90. The number of aliphatic carboxylic acids is 2. The van der Waals surface area contributed by atoms with Crippen LogP contribution in [0, 0.1) is 5.82 Å². The van der Waals surface area contributed by atoms with Gasteiger partial charge in [-0.15, -0.1) is 0 Å².